The molecule has 0 spiro atoms. The Morgan fingerprint density at radius 1 is 1.12 bits per heavy atom. The molecule has 0 unspecified atom stereocenters. The first-order chi connectivity index (χ1) is 15.5. The summed E-state index contributed by atoms with van der Waals surface area (Å²) in [5.74, 6) is 0.375. The summed E-state index contributed by atoms with van der Waals surface area (Å²) in [6.07, 6.45) is 6.86. The van der Waals surface area contributed by atoms with Gasteiger partial charge in [-0.15, -0.1) is 10.2 Å². The third-order valence-corrected chi connectivity index (χ3v) is 8.36. The highest BCUT2D eigenvalue weighted by Crippen LogP contribution is 2.26. The Balaban J connectivity index is 1.37. The molecule has 0 atom stereocenters. The van der Waals surface area contributed by atoms with Gasteiger partial charge >= 0.3 is 0 Å². The van der Waals surface area contributed by atoms with Crippen LogP contribution in [0.15, 0.2) is 38.8 Å². The summed E-state index contributed by atoms with van der Waals surface area (Å²) in [5.41, 5.74) is 0.515. The van der Waals surface area contributed by atoms with E-state index >= 15 is 0 Å². The van der Waals surface area contributed by atoms with Crippen LogP contribution >= 0.6 is 11.8 Å². The SMILES string of the molecule is O=C(CSc1nnc(-c2cccc(S(=O)(=O)N3CCOCC3)c2)o1)NC1CCCCCC1. The number of morpholine rings is 1. The molecule has 0 radical (unpaired) electrons. The Bertz CT molecular complexity index is 1010. The summed E-state index contributed by atoms with van der Waals surface area (Å²) in [4.78, 5) is 12.5. The summed E-state index contributed by atoms with van der Waals surface area (Å²) in [7, 11) is -3.62. The monoisotopic (exact) mass is 480 g/mol. The fourth-order valence-electron chi connectivity index (χ4n) is 3.93. The van der Waals surface area contributed by atoms with Crippen LogP contribution in [0.2, 0.25) is 0 Å². The number of thioether (sulfide) groups is 1. The number of nitrogens with zero attached hydrogens (tertiary/aromatic N) is 3. The maximum Gasteiger partial charge on any atom is 0.277 e. The topological polar surface area (TPSA) is 115 Å². The molecule has 1 aliphatic carbocycles. The Kier molecular flexibility index (Phi) is 7.82. The van der Waals surface area contributed by atoms with Crippen LogP contribution in [0.3, 0.4) is 0 Å². The Labute approximate surface area is 192 Å². The molecule has 1 N–H and O–H groups in total. The van der Waals surface area contributed by atoms with Crippen molar-refractivity contribution in [2.45, 2.75) is 54.7 Å². The minimum absolute atomic E-state index is 0.0414. The van der Waals surface area contributed by atoms with Gasteiger partial charge in [-0.2, -0.15) is 4.31 Å². The molecule has 1 aromatic carbocycles. The second-order valence-corrected chi connectivity index (χ2v) is 10.8. The summed E-state index contributed by atoms with van der Waals surface area (Å²) in [6.45, 7) is 1.43. The largest absolute Gasteiger partial charge is 0.411 e. The number of ether oxygens (including phenoxy) is 1. The van der Waals surface area contributed by atoms with Gasteiger partial charge in [0.15, 0.2) is 0 Å². The zero-order valence-electron chi connectivity index (χ0n) is 17.9. The van der Waals surface area contributed by atoms with Crippen molar-refractivity contribution in [1.29, 1.82) is 0 Å². The maximum absolute atomic E-state index is 12.9. The molecule has 2 heterocycles. The van der Waals surface area contributed by atoms with Crippen LogP contribution in [0.1, 0.15) is 38.5 Å². The smallest absolute Gasteiger partial charge is 0.277 e. The number of hydrogen-bond acceptors (Lipinski definition) is 8. The molecule has 1 aliphatic heterocycles. The lowest BCUT2D eigenvalue weighted by Gasteiger charge is -2.26. The standard InChI is InChI=1S/C21H28N4O5S2/c26-19(22-17-7-3-1-2-4-8-17)15-31-21-24-23-20(30-21)16-6-5-9-18(14-16)32(27,28)25-10-12-29-13-11-25/h5-6,9,14,17H,1-4,7-8,10-13,15H2,(H,22,26). The van der Waals surface area contributed by atoms with Crippen LogP contribution in [0.5, 0.6) is 0 Å². The van der Waals surface area contributed by atoms with E-state index in [9.17, 15) is 13.2 Å². The zero-order valence-corrected chi connectivity index (χ0v) is 19.5. The molecule has 2 fully saturated rings. The number of rotatable bonds is 7. The lowest BCUT2D eigenvalue weighted by atomic mass is 10.1. The molecule has 4 rings (SSSR count). The molecule has 0 bridgehead atoms. The lowest BCUT2D eigenvalue weighted by Crippen LogP contribution is -2.40. The molecule has 2 aromatic rings. The fourth-order valence-corrected chi connectivity index (χ4v) is 5.96. The highest BCUT2D eigenvalue weighted by molar-refractivity contribution is 7.99. The zero-order chi connectivity index (χ0) is 22.4. The normalized spacial score (nSPS) is 18.9. The molecule has 174 valence electrons. The highest BCUT2D eigenvalue weighted by atomic mass is 32.2. The number of aromatic nitrogens is 2. The predicted molar refractivity (Wildman–Crippen MR) is 120 cm³/mol. The van der Waals surface area contributed by atoms with E-state index in [1.165, 1.54) is 35.0 Å². The minimum atomic E-state index is -3.62. The van der Waals surface area contributed by atoms with Gasteiger partial charge in [-0.3, -0.25) is 4.79 Å². The van der Waals surface area contributed by atoms with Crippen molar-refractivity contribution in [2.75, 3.05) is 32.1 Å². The molecule has 1 saturated carbocycles. The molecule has 2 aliphatic rings. The van der Waals surface area contributed by atoms with E-state index in [0.29, 0.717) is 31.9 Å². The molecule has 1 aromatic heterocycles. The van der Waals surface area contributed by atoms with Gasteiger partial charge in [-0.1, -0.05) is 43.5 Å². The average Bonchev–Trinajstić information content (AvgIpc) is 3.15. The van der Waals surface area contributed by atoms with Crippen molar-refractivity contribution in [3.05, 3.63) is 24.3 Å². The summed E-state index contributed by atoms with van der Waals surface area (Å²) in [6, 6.07) is 6.71. The predicted octanol–water partition coefficient (Wildman–Crippen LogP) is 2.69. The van der Waals surface area contributed by atoms with Crippen LogP contribution in [0.25, 0.3) is 11.5 Å². The number of sulfonamides is 1. The molecular formula is C21H28N4O5S2. The van der Waals surface area contributed by atoms with Crippen molar-refractivity contribution < 1.29 is 22.4 Å². The van der Waals surface area contributed by atoms with Crippen LogP contribution < -0.4 is 5.32 Å². The Morgan fingerprint density at radius 2 is 1.88 bits per heavy atom. The molecule has 9 nitrogen and oxygen atoms in total. The Morgan fingerprint density at radius 3 is 2.62 bits per heavy atom. The van der Waals surface area contributed by atoms with Crippen LogP contribution in [-0.2, 0) is 19.6 Å². The lowest BCUT2D eigenvalue weighted by molar-refractivity contribution is -0.119. The van der Waals surface area contributed by atoms with Gasteiger partial charge in [0.2, 0.25) is 21.8 Å². The number of benzene rings is 1. The first-order valence-corrected chi connectivity index (χ1v) is 13.4. The van der Waals surface area contributed by atoms with Gasteiger partial charge in [-0.25, -0.2) is 8.42 Å². The highest BCUT2D eigenvalue weighted by Gasteiger charge is 2.27. The maximum atomic E-state index is 12.9. The minimum Gasteiger partial charge on any atom is -0.411 e. The van der Waals surface area contributed by atoms with Crippen molar-refractivity contribution in [3.8, 4) is 11.5 Å². The van der Waals surface area contributed by atoms with Gasteiger partial charge in [0.05, 0.1) is 23.9 Å². The first kappa shape index (κ1) is 23.2. The Hall–Kier alpha value is -1.95. The number of hydrogen-bond donors (Lipinski definition) is 1. The van der Waals surface area contributed by atoms with E-state index in [4.69, 9.17) is 9.15 Å². The van der Waals surface area contributed by atoms with Crippen LogP contribution in [-0.4, -0.2) is 66.9 Å². The van der Waals surface area contributed by atoms with Gasteiger partial charge in [0.25, 0.3) is 5.22 Å². The first-order valence-electron chi connectivity index (χ1n) is 11.0. The van der Waals surface area contributed by atoms with Gasteiger partial charge in [0, 0.05) is 24.7 Å². The van der Waals surface area contributed by atoms with Crippen molar-refractivity contribution in [1.82, 2.24) is 19.8 Å². The van der Waals surface area contributed by atoms with E-state index in [2.05, 4.69) is 15.5 Å². The molecule has 1 saturated heterocycles. The second kappa shape index (κ2) is 10.8. The second-order valence-electron chi connectivity index (χ2n) is 7.96. The third kappa shape index (κ3) is 5.89. The molecule has 11 heteroatoms. The van der Waals surface area contributed by atoms with E-state index in [1.54, 1.807) is 18.2 Å². The quantitative estimate of drug-likeness (QED) is 0.475. The number of amides is 1. The number of nitrogens with one attached hydrogen (secondary N) is 1. The van der Waals surface area contributed by atoms with E-state index in [0.717, 1.165) is 25.7 Å². The summed E-state index contributed by atoms with van der Waals surface area (Å²) >= 11 is 1.18. The third-order valence-electron chi connectivity index (χ3n) is 5.64. The summed E-state index contributed by atoms with van der Waals surface area (Å²) < 4.78 is 38.1. The number of carbonyl (C=O) groups excluding carboxylic acids is 1. The van der Waals surface area contributed by atoms with Crippen LogP contribution in [0.4, 0.5) is 0 Å². The summed E-state index contributed by atoms with van der Waals surface area (Å²) in [5, 5.41) is 11.4. The van der Waals surface area contributed by atoms with Gasteiger partial charge in [-0.05, 0) is 31.0 Å². The number of carbonyl (C=O) groups is 1. The molecule has 32 heavy (non-hydrogen) atoms. The fraction of sp³-hybridized carbons (Fsp3) is 0.571. The van der Waals surface area contributed by atoms with Gasteiger partial charge in [0.1, 0.15) is 0 Å². The van der Waals surface area contributed by atoms with E-state index < -0.39 is 10.0 Å². The van der Waals surface area contributed by atoms with E-state index in [-0.39, 0.29) is 33.7 Å². The van der Waals surface area contributed by atoms with Crippen LogP contribution in [0, 0.1) is 0 Å². The molecule has 1 amide bonds. The molecular weight excluding hydrogens is 452 g/mol. The van der Waals surface area contributed by atoms with E-state index in [1.807, 2.05) is 0 Å². The van der Waals surface area contributed by atoms with Crippen molar-refractivity contribution >= 4 is 27.7 Å². The van der Waals surface area contributed by atoms with Crippen molar-refractivity contribution in [3.63, 3.8) is 0 Å². The average molecular weight is 481 g/mol. The van der Waals surface area contributed by atoms with Gasteiger partial charge < -0.3 is 14.5 Å². The van der Waals surface area contributed by atoms with Crippen molar-refractivity contribution in [2.24, 2.45) is 0 Å².